The van der Waals surface area contributed by atoms with E-state index in [4.69, 9.17) is 0 Å². The summed E-state index contributed by atoms with van der Waals surface area (Å²) in [4.78, 5) is 13.1. The van der Waals surface area contributed by atoms with E-state index in [0.29, 0.717) is 11.7 Å². The number of ketones is 1. The lowest BCUT2D eigenvalue weighted by Crippen LogP contribution is -2.45. The smallest absolute Gasteiger partial charge is 0.154 e. The second kappa shape index (κ2) is 8.05. The van der Waals surface area contributed by atoms with Gasteiger partial charge < -0.3 is 0 Å². The molecule has 2 aliphatic rings. The topological polar surface area (TPSA) is 32.3 Å². The first kappa shape index (κ1) is 17.3. The highest BCUT2D eigenvalue weighted by Gasteiger charge is 2.39. The third-order valence-electron chi connectivity index (χ3n) is 6.01. The number of rotatable bonds is 5. The lowest BCUT2D eigenvalue weighted by Gasteiger charge is -2.30. The van der Waals surface area contributed by atoms with Gasteiger partial charge in [-0.15, -0.1) is 0 Å². The summed E-state index contributed by atoms with van der Waals surface area (Å²) in [6.07, 6.45) is 8.40. The number of para-hydroxylation sites is 2. The SMILES string of the molecule is O=C1[C@H](NN(c2ccccc2)c2ccccc2)CC[C@@H]1C1CCCCC1. The van der Waals surface area contributed by atoms with E-state index in [1.54, 1.807) is 0 Å². The first-order valence-electron chi connectivity index (χ1n) is 10.0. The predicted octanol–water partition coefficient (Wildman–Crippen LogP) is 5.26. The van der Waals surface area contributed by atoms with Crippen molar-refractivity contribution in [1.29, 1.82) is 0 Å². The van der Waals surface area contributed by atoms with Gasteiger partial charge in [-0.2, -0.15) is 0 Å². The number of anilines is 2. The van der Waals surface area contributed by atoms with Crippen LogP contribution in [-0.2, 0) is 4.79 Å². The minimum atomic E-state index is -0.0812. The van der Waals surface area contributed by atoms with Crippen molar-refractivity contribution in [1.82, 2.24) is 5.43 Å². The summed E-state index contributed by atoms with van der Waals surface area (Å²) >= 11 is 0. The van der Waals surface area contributed by atoms with Gasteiger partial charge in [-0.1, -0.05) is 55.7 Å². The number of hydrazine groups is 1. The van der Waals surface area contributed by atoms with Gasteiger partial charge in [0.05, 0.1) is 17.4 Å². The average Bonchev–Trinajstić information content (AvgIpc) is 3.08. The van der Waals surface area contributed by atoms with Crippen LogP contribution >= 0.6 is 0 Å². The van der Waals surface area contributed by atoms with E-state index < -0.39 is 0 Å². The molecule has 0 unspecified atom stereocenters. The summed E-state index contributed by atoms with van der Waals surface area (Å²) in [5.74, 6) is 1.31. The maximum Gasteiger partial charge on any atom is 0.154 e. The standard InChI is InChI=1S/C23H28N2O/c26-23-21(18-10-4-1-5-11-18)16-17-22(23)24-25(19-12-6-2-7-13-19)20-14-8-3-9-15-20/h2-3,6-9,12-15,18,21-22,24H,1,4-5,10-11,16-17H2/t21-,22-/m1/s1. The molecule has 1 N–H and O–H groups in total. The van der Waals surface area contributed by atoms with Crippen molar-refractivity contribution in [2.75, 3.05) is 5.01 Å². The first-order chi connectivity index (χ1) is 12.8. The van der Waals surface area contributed by atoms with E-state index in [2.05, 4.69) is 34.7 Å². The molecule has 2 aromatic carbocycles. The van der Waals surface area contributed by atoms with Crippen molar-refractivity contribution < 1.29 is 4.79 Å². The van der Waals surface area contributed by atoms with Gasteiger partial charge >= 0.3 is 0 Å². The Morgan fingerprint density at radius 1 is 0.731 bits per heavy atom. The molecule has 136 valence electrons. The van der Waals surface area contributed by atoms with Crippen LogP contribution in [0.15, 0.2) is 60.7 Å². The predicted molar refractivity (Wildman–Crippen MR) is 106 cm³/mol. The van der Waals surface area contributed by atoms with Gasteiger partial charge in [0.15, 0.2) is 5.78 Å². The lowest BCUT2D eigenvalue weighted by molar-refractivity contribution is -0.124. The van der Waals surface area contributed by atoms with Crippen LogP contribution in [0.3, 0.4) is 0 Å². The van der Waals surface area contributed by atoms with E-state index >= 15 is 0 Å². The van der Waals surface area contributed by atoms with E-state index in [0.717, 1.165) is 24.2 Å². The van der Waals surface area contributed by atoms with Gasteiger partial charge in [-0.05, 0) is 55.9 Å². The third-order valence-corrected chi connectivity index (χ3v) is 6.01. The molecule has 2 atom stereocenters. The molecule has 3 nitrogen and oxygen atoms in total. The van der Waals surface area contributed by atoms with E-state index in [-0.39, 0.29) is 12.0 Å². The Bertz CT molecular complexity index is 670. The molecular formula is C23H28N2O. The van der Waals surface area contributed by atoms with Crippen LogP contribution in [-0.4, -0.2) is 11.8 Å². The van der Waals surface area contributed by atoms with Gasteiger partial charge in [0.2, 0.25) is 0 Å². The Kier molecular flexibility index (Phi) is 5.35. The maximum absolute atomic E-state index is 13.1. The van der Waals surface area contributed by atoms with Crippen molar-refractivity contribution in [3.05, 3.63) is 60.7 Å². The van der Waals surface area contributed by atoms with Gasteiger partial charge in [0.1, 0.15) is 0 Å². The molecule has 4 rings (SSSR count). The largest absolute Gasteiger partial charge is 0.298 e. The summed E-state index contributed by atoms with van der Waals surface area (Å²) < 4.78 is 0. The molecule has 0 bridgehead atoms. The van der Waals surface area contributed by atoms with E-state index in [1.807, 2.05) is 36.4 Å². The molecule has 0 aromatic heterocycles. The Morgan fingerprint density at radius 3 is 1.88 bits per heavy atom. The summed E-state index contributed by atoms with van der Waals surface area (Å²) in [5, 5.41) is 2.08. The summed E-state index contributed by atoms with van der Waals surface area (Å²) in [7, 11) is 0. The number of hydrogen-bond acceptors (Lipinski definition) is 3. The molecule has 0 saturated heterocycles. The number of carbonyl (C=O) groups excluding carboxylic acids is 1. The fourth-order valence-corrected chi connectivity index (χ4v) is 4.63. The minimum absolute atomic E-state index is 0.0812. The number of benzene rings is 2. The summed E-state index contributed by atoms with van der Waals surface area (Å²) in [6, 6.07) is 20.4. The van der Waals surface area contributed by atoms with E-state index in [9.17, 15) is 4.79 Å². The van der Waals surface area contributed by atoms with Crippen molar-refractivity contribution >= 4 is 17.2 Å². The van der Waals surface area contributed by atoms with Crippen LogP contribution in [0.25, 0.3) is 0 Å². The Hall–Kier alpha value is -2.13. The van der Waals surface area contributed by atoms with Crippen molar-refractivity contribution in [3.8, 4) is 0 Å². The fourth-order valence-electron chi connectivity index (χ4n) is 4.63. The zero-order chi connectivity index (χ0) is 17.8. The Morgan fingerprint density at radius 2 is 1.31 bits per heavy atom. The normalized spacial score (nSPS) is 23.9. The third kappa shape index (κ3) is 3.68. The van der Waals surface area contributed by atoms with Crippen molar-refractivity contribution in [2.45, 2.75) is 51.0 Å². The van der Waals surface area contributed by atoms with Crippen LogP contribution in [0.2, 0.25) is 0 Å². The first-order valence-corrected chi connectivity index (χ1v) is 10.0. The van der Waals surface area contributed by atoms with Gasteiger partial charge in [0, 0.05) is 5.92 Å². The number of Topliss-reactive ketones (excluding diaryl/α,β-unsaturated/α-hetero) is 1. The molecule has 2 aliphatic carbocycles. The number of hydrogen-bond donors (Lipinski definition) is 1. The van der Waals surface area contributed by atoms with Crippen LogP contribution in [0, 0.1) is 11.8 Å². The molecule has 0 radical (unpaired) electrons. The fraction of sp³-hybridized carbons (Fsp3) is 0.435. The molecule has 3 heteroatoms. The zero-order valence-electron chi connectivity index (χ0n) is 15.3. The molecule has 2 saturated carbocycles. The highest BCUT2D eigenvalue weighted by molar-refractivity contribution is 5.89. The quantitative estimate of drug-likeness (QED) is 0.748. The average molecular weight is 348 g/mol. The Labute approximate surface area is 156 Å². The van der Waals surface area contributed by atoms with Crippen LogP contribution < -0.4 is 10.4 Å². The molecular weight excluding hydrogens is 320 g/mol. The molecule has 0 aliphatic heterocycles. The molecule has 26 heavy (non-hydrogen) atoms. The molecule has 0 spiro atoms. The maximum atomic E-state index is 13.1. The zero-order valence-corrected chi connectivity index (χ0v) is 15.3. The highest BCUT2D eigenvalue weighted by atomic mass is 16.1. The minimum Gasteiger partial charge on any atom is -0.298 e. The number of nitrogens with zero attached hydrogens (tertiary/aromatic N) is 1. The summed E-state index contributed by atoms with van der Waals surface area (Å²) in [6.45, 7) is 0. The second-order valence-electron chi connectivity index (χ2n) is 7.67. The van der Waals surface area contributed by atoms with Crippen molar-refractivity contribution in [2.24, 2.45) is 11.8 Å². The van der Waals surface area contributed by atoms with Crippen LogP contribution in [0.4, 0.5) is 11.4 Å². The number of carbonyl (C=O) groups is 1. The van der Waals surface area contributed by atoms with Gasteiger partial charge in [-0.25, -0.2) is 5.43 Å². The van der Waals surface area contributed by atoms with Crippen LogP contribution in [0.1, 0.15) is 44.9 Å². The Balaban J connectivity index is 1.52. The van der Waals surface area contributed by atoms with Gasteiger partial charge in [-0.3, -0.25) is 9.80 Å². The van der Waals surface area contributed by atoms with Gasteiger partial charge in [0.25, 0.3) is 0 Å². The lowest BCUT2D eigenvalue weighted by atomic mass is 9.79. The second-order valence-corrected chi connectivity index (χ2v) is 7.67. The highest BCUT2D eigenvalue weighted by Crippen LogP contribution is 2.38. The molecule has 2 fully saturated rings. The molecule has 2 aromatic rings. The van der Waals surface area contributed by atoms with E-state index in [1.165, 1.54) is 32.1 Å². The van der Waals surface area contributed by atoms with Crippen LogP contribution in [0.5, 0.6) is 0 Å². The number of nitrogens with one attached hydrogen (secondary N) is 1. The molecule has 0 heterocycles. The monoisotopic (exact) mass is 348 g/mol. The van der Waals surface area contributed by atoms with Crippen molar-refractivity contribution in [3.63, 3.8) is 0 Å². The molecule has 0 amide bonds. The summed E-state index contributed by atoms with van der Waals surface area (Å²) in [5.41, 5.74) is 5.68.